The molecule has 0 bridgehead atoms. The predicted molar refractivity (Wildman–Crippen MR) is 64.5 cm³/mol. The van der Waals surface area contributed by atoms with Gasteiger partial charge in [0, 0.05) is 6.04 Å². The van der Waals surface area contributed by atoms with Gasteiger partial charge in [-0.15, -0.1) is 0 Å². The molecule has 2 heteroatoms. The Morgan fingerprint density at radius 1 is 1.15 bits per heavy atom. The fraction of sp³-hybridized carbons (Fsp3) is 1.00. The molecule has 13 heavy (non-hydrogen) atoms. The van der Waals surface area contributed by atoms with Crippen LogP contribution in [0.4, 0.5) is 0 Å². The zero-order valence-corrected chi connectivity index (χ0v) is 10.4. The SMILES string of the molecule is CCSCCC(C)CCNC(C)C. The first kappa shape index (κ1) is 13.3. The van der Waals surface area contributed by atoms with Crippen molar-refractivity contribution in [3.05, 3.63) is 0 Å². The second kappa shape index (κ2) is 8.89. The first-order valence-corrected chi connectivity index (χ1v) is 6.63. The van der Waals surface area contributed by atoms with Crippen molar-refractivity contribution in [1.82, 2.24) is 5.32 Å². The zero-order valence-electron chi connectivity index (χ0n) is 9.60. The third kappa shape index (κ3) is 10.2. The monoisotopic (exact) mass is 203 g/mol. The summed E-state index contributed by atoms with van der Waals surface area (Å²) in [5, 5.41) is 3.46. The van der Waals surface area contributed by atoms with Crippen LogP contribution in [0, 0.1) is 5.92 Å². The molecule has 0 saturated heterocycles. The Morgan fingerprint density at radius 3 is 2.38 bits per heavy atom. The molecule has 0 rings (SSSR count). The maximum atomic E-state index is 3.46. The standard InChI is InChI=1S/C11H25NS/c1-5-13-9-7-11(4)6-8-12-10(2)3/h10-12H,5-9H2,1-4H3. The van der Waals surface area contributed by atoms with E-state index in [1.165, 1.54) is 30.9 Å². The van der Waals surface area contributed by atoms with E-state index in [4.69, 9.17) is 0 Å². The first-order valence-electron chi connectivity index (χ1n) is 5.48. The molecule has 0 spiro atoms. The molecule has 0 aliphatic rings. The van der Waals surface area contributed by atoms with Crippen LogP contribution in [0.15, 0.2) is 0 Å². The fourth-order valence-electron chi connectivity index (χ4n) is 1.19. The van der Waals surface area contributed by atoms with Gasteiger partial charge in [-0.25, -0.2) is 0 Å². The van der Waals surface area contributed by atoms with Crippen molar-refractivity contribution in [3.8, 4) is 0 Å². The molecule has 0 aromatic rings. The minimum atomic E-state index is 0.636. The molecule has 0 aliphatic carbocycles. The van der Waals surface area contributed by atoms with E-state index in [2.05, 4.69) is 44.8 Å². The molecule has 0 amide bonds. The number of hydrogen-bond donors (Lipinski definition) is 1. The highest BCUT2D eigenvalue weighted by atomic mass is 32.2. The van der Waals surface area contributed by atoms with Crippen LogP contribution in [-0.4, -0.2) is 24.1 Å². The summed E-state index contributed by atoms with van der Waals surface area (Å²) in [6.07, 6.45) is 2.70. The van der Waals surface area contributed by atoms with Gasteiger partial charge in [0.15, 0.2) is 0 Å². The van der Waals surface area contributed by atoms with Crippen LogP contribution in [0.5, 0.6) is 0 Å². The minimum Gasteiger partial charge on any atom is -0.315 e. The molecule has 0 saturated carbocycles. The van der Waals surface area contributed by atoms with Crippen molar-refractivity contribution in [2.75, 3.05) is 18.1 Å². The predicted octanol–water partition coefficient (Wildman–Crippen LogP) is 3.15. The fourth-order valence-corrected chi connectivity index (χ4v) is 2.05. The van der Waals surface area contributed by atoms with Crippen LogP contribution in [0.2, 0.25) is 0 Å². The van der Waals surface area contributed by atoms with Crippen molar-refractivity contribution in [2.24, 2.45) is 5.92 Å². The van der Waals surface area contributed by atoms with Crippen LogP contribution in [0.1, 0.15) is 40.5 Å². The summed E-state index contributed by atoms with van der Waals surface area (Å²) >= 11 is 2.06. The van der Waals surface area contributed by atoms with Gasteiger partial charge >= 0.3 is 0 Å². The number of thioether (sulfide) groups is 1. The molecule has 0 fully saturated rings. The van der Waals surface area contributed by atoms with Gasteiger partial charge in [-0.3, -0.25) is 0 Å². The summed E-state index contributed by atoms with van der Waals surface area (Å²) in [5.74, 6) is 3.47. The molecule has 1 unspecified atom stereocenters. The summed E-state index contributed by atoms with van der Waals surface area (Å²) in [6, 6.07) is 0.636. The summed E-state index contributed by atoms with van der Waals surface area (Å²) in [4.78, 5) is 0. The Labute approximate surface area is 88.1 Å². The smallest absolute Gasteiger partial charge is 0.00103 e. The Hall–Kier alpha value is 0.310. The Kier molecular flexibility index (Phi) is 9.10. The average molecular weight is 203 g/mol. The van der Waals surface area contributed by atoms with Gasteiger partial charge in [0.1, 0.15) is 0 Å². The Morgan fingerprint density at radius 2 is 1.85 bits per heavy atom. The van der Waals surface area contributed by atoms with E-state index in [-0.39, 0.29) is 0 Å². The lowest BCUT2D eigenvalue weighted by molar-refractivity contribution is 0.470. The van der Waals surface area contributed by atoms with Gasteiger partial charge in [-0.05, 0) is 36.8 Å². The van der Waals surface area contributed by atoms with E-state index in [0.29, 0.717) is 6.04 Å². The van der Waals surface area contributed by atoms with Crippen LogP contribution >= 0.6 is 11.8 Å². The molecule has 0 aromatic carbocycles. The third-order valence-corrected chi connectivity index (χ3v) is 3.08. The lowest BCUT2D eigenvalue weighted by Gasteiger charge is -2.13. The van der Waals surface area contributed by atoms with Gasteiger partial charge in [-0.1, -0.05) is 27.7 Å². The van der Waals surface area contributed by atoms with Gasteiger partial charge < -0.3 is 5.32 Å². The molecule has 0 aliphatic heterocycles. The van der Waals surface area contributed by atoms with Crippen molar-refractivity contribution in [3.63, 3.8) is 0 Å². The van der Waals surface area contributed by atoms with Gasteiger partial charge in [0.2, 0.25) is 0 Å². The third-order valence-electron chi connectivity index (χ3n) is 2.15. The van der Waals surface area contributed by atoms with Gasteiger partial charge in [0.25, 0.3) is 0 Å². The molecular formula is C11H25NS. The zero-order chi connectivity index (χ0) is 10.1. The second-order valence-corrected chi connectivity index (χ2v) is 5.38. The highest BCUT2D eigenvalue weighted by Crippen LogP contribution is 2.11. The lowest BCUT2D eigenvalue weighted by atomic mass is 10.1. The second-order valence-electron chi connectivity index (χ2n) is 3.99. The highest BCUT2D eigenvalue weighted by Gasteiger charge is 2.01. The summed E-state index contributed by atoms with van der Waals surface area (Å²) in [5.41, 5.74) is 0. The van der Waals surface area contributed by atoms with E-state index in [0.717, 1.165) is 5.92 Å². The van der Waals surface area contributed by atoms with Crippen molar-refractivity contribution in [1.29, 1.82) is 0 Å². The number of hydrogen-bond acceptors (Lipinski definition) is 2. The molecule has 1 N–H and O–H groups in total. The quantitative estimate of drug-likeness (QED) is 0.608. The molecular weight excluding hydrogens is 178 g/mol. The molecule has 1 nitrogen and oxygen atoms in total. The maximum Gasteiger partial charge on any atom is 0.00103 e. The Balaban J connectivity index is 3.15. The minimum absolute atomic E-state index is 0.636. The van der Waals surface area contributed by atoms with E-state index in [1.54, 1.807) is 0 Å². The number of nitrogens with one attached hydrogen (secondary N) is 1. The van der Waals surface area contributed by atoms with E-state index in [9.17, 15) is 0 Å². The molecule has 0 heterocycles. The largest absolute Gasteiger partial charge is 0.315 e. The molecule has 0 aromatic heterocycles. The topological polar surface area (TPSA) is 12.0 Å². The molecule has 80 valence electrons. The Bertz CT molecular complexity index is 104. The highest BCUT2D eigenvalue weighted by molar-refractivity contribution is 7.99. The van der Waals surface area contributed by atoms with Crippen molar-refractivity contribution < 1.29 is 0 Å². The van der Waals surface area contributed by atoms with Crippen LogP contribution in [-0.2, 0) is 0 Å². The van der Waals surface area contributed by atoms with E-state index in [1.807, 2.05) is 0 Å². The lowest BCUT2D eigenvalue weighted by Crippen LogP contribution is -2.24. The van der Waals surface area contributed by atoms with Crippen LogP contribution < -0.4 is 5.32 Å². The summed E-state index contributed by atoms with van der Waals surface area (Å²) in [6.45, 7) is 10.2. The van der Waals surface area contributed by atoms with Crippen molar-refractivity contribution in [2.45, 2.75) is 46.6 Å². The van der Waals surface area contributed by atoms with E-state index < -0.39 is 0 Å². The molecule has 1 atom stereocenters. The van der Waals surface area contributed by atoms with Crippen LogP contribution in [0.25, 0.3) is 0 Å². The normalized spacial score (nSPS) is 13.6. The first-order chi connectivity index (χ1) is 6.16. The van der Waals surface area contributed by atoms with E-state index >= 15 is 0 Å². The number of rotatable bonds is 8. The summed E-state index contributed by atoms with van der Waals surface area (Å²) < 4.78 is 0. The molecule has 0 radical (unpaired) electrons. The average Bonchev–Trinajstić information content (AvgIpc) is 2.04. The maximum absolute atomic E-state index is 3.46. The van der Waals surface area contributed by atoms with Gasteiger partial charge in [0.05, 0.1) is 0 Å². The van der Waals surface area contributed by atoms with Gasteiger partial charge in [-0.2, -0.15) is 11.8 Å². The van der Waals surface area contributed by atoms with Crippen molar-refractivity contribution >= 4 is 11.8 Å². The summed E-state index contributed by atoms with van der Waals surface area (Å²) in [7, 11) is 0. The van der Waals surface area contributed by atoms with Crippen LogP contribution in [0.3, 0.4) is 0 Å².